The minimum absolute atomic E-state index is 0.0373. The van der Waals surface area contributed by atoms with Crippen molar-refractivity contribution in [2.75, 3.05) is 19.6 Å². The number of rotatable bonds is 5. The van der Waals surface area contributed by atoms with Crippen LogP contribution in [-0.4, -0.2) is 47.9 Å². The van der Waals surface area contributed by atoms with Gasteiger partial charge in [0.2, 0.25) is 11.8 Å². The molecule has 26 heavy (non-hydrogen) atoms. The molecule has 0 aliphatic carbocycles. The second-order valence-electron chi connectivity index (χ2n) is 7.56. The first-order valence-corrected chi connectivity index (χ1v) is 9.51. The van der Waals surface area contributed by atoms with Gasteiger partial charge >= 0.3 is 0 Å². The Labute approximate surface area is 154 Å². The van der Waals surface area contributed by atoms with E-state index in [1.807, 2.05) is 4.90 Å². The van der Waals surface area contributed by atoms with Crippen LogP contribution in [0.4, 0.5) is 4.39 Å². The smallest absolute Gasteiger partial charge is 0.223 e. The lowest BCUT2D eigenvalue weighted by Gasteiger charge is -2.41. The third-order valence-electron chi connectivity index (χ3n) is 5.61. The molecule has 2 amide bonds. The van der Waals surface area contributed by atoms with Gasteiger partial charge in [-0.15, -0.1) is 0 Å². The van der Waals surface area contributed by atoms with Gasteiger partial charge in [-0.25, -0.2) is 4.39 Å². The summed E-state index contributed by atoms with van der Waals surface area (Å²) in [6.45, 7) is 3.95. The Kier molecular flexibility index (Phi) is 5.91. The fourth-order valence-electron chi connectivity index (χ4n) is 4.39. The number of nitrogens with one attached hydrogen (secondary N) is 2. The lowest BCUT2D eigenvalue weighted by Crippen LogP contribution is -2.53. The van der Waals surface area contributed by atoms with E-state index in [2.05, 4.69) is 10.6 Å². The Balaban J connectivity index is 1.59. The number of hydrogen-bond donors (Lipinski definition) is 2. The Morgan fingerprint density at radius 3 is 2.62 bits per heavy atom. The maximum atomic E-state index is 13.0. The molecule has 2 aliphatic heterocycles. The molecule has 2 aliphatic rings. The summed E-state index contributed by atoms with van der Waals surface area (Å²) in [4.78, 5) is 26.4. The molecular weight excluding hydrogens is 333 g/mol. The van der Waals surface area contributed by atoms with Crippen LogP contribution in [0.3, 0.4) is 0 Å². The van der Waals surface area contributed by atoms with E-state index in [-0.39, 0.29) is 29.2 Å². The molecule has 2 N–H and O–H groups in total. The number of carbonyl (C=O) groups is 2. The summed E-state index contributed by atoms with van der Waals surface area (Å²) in [5.74, 6) is -0.106. The summed E-state index contributed by atoms with van der Waals surface area (Å²) in [6, 6.07) is 6.51. The zero-order chi connectivity index (χ0) is 18.6. The number of halogens is 1. The van der Waals surface area contributed by atoms with Gasteiger partial charge in [-0.05, 0) is 62.9 Å². The molecular formula is C20H28FN3O2. The van der Waals surface area contributed by atoms with Gasteiger partial charge in [0.1, 0.15) is 5.82 Å². The third kappa shape index (κ3) is 4.41. The molecule has 0 aromatic heterocycles. The Morgan fingerprint density at radius 2 is 1.96 bits per heavy atom. The minimum atomic E-state index is -0.237. The second-order valence-corrected chi connectivity index (χ2v) is 7.56. The predicted octanol–water partition coefficient (Wildman–Crippen LogP) is 2.01. The standard InChI is InChI=1S/C20H28FN3O2/c1-15(25)23-18-13-20(9-11-22-12-10-20)24(14-18)19(26)4-2-3-16-5-7-17(21)8-6-16/h5-8,18,22H,2-4,9-14H2,1H3,(H,23,25)/t18-/m1/s1. The SMILES string of the molecule is CC(=O)N[C@H]1CN(C(=O)CCCc2ccc(F)cc2)C2(CCNCC2)C1. The largest absolute Gasteiger partial charge is 0.352 e. The fourth-order valence-corrected chi connectivity index (χ4v) is 4.39. The lowest BCUT2D eigenvalue weighted by atomic mass is 9.84. The molecule has 1 aromatic carbocycles. The van der Waals surface area contributed by atoms with Crippen LogP contribution in [0, 0.1) is 5.82 Å². The van der Waals surface area contributed by atoms with Crippen LogP contribution in [0.2, 0.25) is 0 Å². The molecule has 2 heterocycles. The molecule has 0 radical (unpaired) electrons. The molecule has 0 saturated carbocycles. The van der Waals surface area contributed by atoms with E-state index in [0.29, 0.717) is 13.0 Å². The highest BCUT2D eigenvalue weighted by Gasteiger charge is 2.48. The van der Waals surface area contributed by atoms with Crippen LogP contribution < -0.4 is 10.6 Å². The van der Waals surface area contributed by atoms with Crippen molar-refractivity contribution in [3.63, 3.8) is 0 Å². The van der Waals surface area contributed by atoms with Crippen LogP contribution in [0.25, 0.3) is 0 Å². The van der Waals surface area contributed by atoms with Crippen LogP contribution in [0.5, 0.6) is 0 Å². The monoisotopic (exact) mass is 361 g/mol. The van der Waals surface area contributed by atoms with Crippen LogP contribution in [0.1, 0.15) is 44.6 Å². The van der Waals surface area contributed by atoms with Gasteiger partial charge in [0, 0.05) is 31.5 Å². The van der Waals surface area contributed by atoms with E-state index < -0.39 is 0 Å². The maximum absolute atomic E-state index is 13.0. The van der Waals surface area contributed by atoms with Gasteiger partial charge in [0.05, 0.1) is 0 Å². The van der Waals surface area contributed by atoms with E-state index in [1.165, 1.54) is 19.1 Å². The van der Waals surface area contributed by atoms with Crippen LogP contribution in [0.15, 0.2) is 24.3 Å². The number of aryl methyl sites for hydroxylation is 1. The highest BCUT2D eigenvalue weighted by atomic mass is 19.1. The van der Waals surface area contributed by atoms with Crippen molar-refractivity contribution in [1.29, 1.82) is 0 Å². The topological polar surface area (TPSA) is 61.4 Å². The van der Waals surface area contributed by atoms with Crippen LogP contribution >= 0.6 is 0 Å². The van der Waals surface area contributed by atoms with Gasteiger partial charge in [0.15, 0.2) is 0 Å². The second kappa shape index (κ2) is 8.16. The molecule has 142 valence electrons. The van der Waals surface area contributed by atoms with E-state index in [0.717, 1.165) is 50.8 Å². The molecule has 0 unspecified atom stereocenters. The number of benzene rings is 1. The normalized spacial score (nSPS) is 21.8. The minimum Gasteiger partial charge on any atom is -0.352 e. The summed E-state index contributed by atoms with van der Waals surface area (Å²) in [5, 5.41) is 6.36. The molecule has 6 heteroatoms. The summed E-state index contributed by atoms with van der Waals surface area (Å²) >= 11 is 0. The van der Waals surface area contributed by atoms with E-state index in [1.54, 1.807) is 12.1 Å². The molecule has 1 aromatic rings. The van der Waals surface area contributed by atoms with Crippen molar-refractivity contribution >= 4 is 11.8 Å². The van der Waals surface area contributed by atoms with Crippen molar-refractivity contribution < 1.29 is 14.0 Å². The lowest BCUT2D eigenvalue weighted by molar-refractivity contribution is -0.136. The van der Waals surface area contributed by atoms with Crippen LogP contribution in [-0.2, 0) is 16.0 Å². The van der Waals surface area contributed by atoms with Gasteiger partial charge in [0.25, 0.3) is 0 Å². The number of amides is 2. The highest BCUT2D eigenvalue weighted by Crippen LogP contribution is 2.37. The Hall–Kier alpha value is -1.95. The van der Waals surface area contributed by atoms with E-state index >= 15 is 0 Å². The first-order chi connectivity index (χ1) is 12.5. The number of nitrogens with zero attached hydrogens (tertiary/aromatic N) is 1. The maximum Gasteiger partial charge on any atom is 0.223 e. The van der Waals surface area contributed by atoms with Crippen molar-refractivity contribution in [3.8, 4) is 0 Å². The van der Waals surface area contributed by atoms with Gasteiger partial charge < -0.3 is 15.5 Å². The number of hydrogen-bond acceptors (Lipinski definition) is 3. The Bertz CT molecular complexity index is 641. The van der Waals surface area contributed by atoms with Crippen molar-refractivity contribution in [2.45, 2.75) is 57.0 Å². The summed E-state index contributed by atoms with van der Waals surface area (Å²) in [6.07, 6.45) is 4.72. The average Bonchev–Trinajstić information content (AvgIpc) is 2.94. The quantitative estimate of drug-likeness (QED) is 0.843. The number of likely N-dealkylation sites (tertiary alicyclic amines) is 1. The molecule has 0 bridgehead atoms. The van der Waals surface area contributed by atoms with Crippen molar-refractivity contribution in [3.05, 3.63) is 35.6 Å². The molecule has 1 spiro atoms. The molecule has 5 nitrogen and oxygen atoms in total. The zero-order valence-corrected chi connectivity index (χ0v) is 15.4. The Morgan fingerprint density at radius 1 is 1.27 bits per heavy atom. The first-order valence-electron chi connectivity index (χ1n) is 9.51. The summed E-state index contributed by atoms with van der Waals surface area (Å²) in [7, 11) is 0. The van der Waals surface area contributed by atoms with E-state index in [4.69, 9.17) is 0 Å². The summed E-state index contributed by atoms with van der Waals surface area (Å²) < 4.78 is 13.0. The fraction of sp³-hybridized carbons (Fsp3) is 0.600. The van der Waals surface area contributed by atoms with Gasteiger partial charge in [-0.2, -0.15) is 0 Å². The molecule has 2 saturated heterocycles. The third-order valence-corrected chi connectivity index (χ3v) is 5.61. The number of piperidine rings is 1. The highest BCUT2D eigenvalue weighted by molar-refractivity contribution is 5.78. The van der Waals surface area contributed by atoms with Crippen molar-refractivity contribution in [2.24, 2.45) is 0 Å². The van der Waals surface area contributed by atoms with Gasteiger partial charge in [-0.3, -0.25) is 9.59 Å². The first kappa shape index (κ1) is 18.8. The molecule has 3 rings (SSSR count). The molecule has 2 fully saturated rings. The number of carbonyl (C=O) groups excluding carboxylic acids is 2. The average molecular weight is 361 g/mol. The van der Waals surface area contributed by atoms with E-state index in [9.17, 15) is 14.0 Å². The summed E-state index contributed by atoms with van der Waals surface area (Å²) in [5.41, 5.74) is 0.930. The van der Waals surface area contributed by atoms with Crippen molar-refractivity contribution in [1.82, 2.24) is 15.5 Å². The predicted molar refractivity (Wildman–Crippen MR) is 98.1 cm³/mol. The zero-order valence-electron chi connectivity index (χ0n) is 15.4. The van der Waals surface area contributed by atoms with Gasteiger partial charge in [-0.1, -0.05) is 12.1 Å². The molecule has 1 atom stereocenters.